The molecule has 0 saturated carbocycles. The third-order valence-electron chi connectivity index (χ3n) is 2.79. The Bertz CT molecular complexity index is 538. The minimum absolute atomic E-state index is 0.179. The van der Waals surface area contributed by atoms with E-state index in [4.69, 9.17) is 0 Å². The standard InChI is InChI=1S/C14H17F3N2S/c1-14(2,3)6-9-7-18-13(20-9)19-11-5-8(15)4-10(16)12(11)17/h4-5,9H,6-7H2,1-3H3,(H,18,19). The van der Waals surface area contributed by atoms with Gasteiger partial charge in [0.25, 0.3) is 0 Å². The van der Waals surface area contributed by atoms with Crippen molar-refractivity contribution in [3.05, 3.63) is 29.6 Å². The molecular formula is C14H17F3N2S. The van der Waals surface area contributed by atoms with Crippen molar-refractivity contribution in [2.75, 3.05) is 11.9 Å². The monoisotopic (exact) mass is 302 g/mol. The van der Waals surface area contributed by atoms with E-state index >= 15 is 0 Å². The SMILES string of the molecule is CC(C)(C)CC1CN=C(Nc2cc(F)cc(F)c2F)S1. The molecule has 0 bridgehead atoms. The first-order valence-corrected chi connectivity index (χ1v) is 7.25. The summed E-state index contributed by atoms with van der Waals surface area (Å²) < 4.78 is 39.7. The summed E-state index contributed by atoms with van der Waals surface area (Å²) in [6.45, 7) is 7.05. The Morgan fingerprint density at radius 3 is 2.65 bits per heavy atom. The van der Waals surface area contributed by atoms with Crippen LogP contribution in [-0.4, -0.2) is 17.0 Å². The van der Waals surface area contributed by atoms with Crippen molar-refractivity contribution < 1.29 is 13.2 Å². The van der Waals surface area contributed by atoms with Crippen LogP contribution < -0.4 is 5.32 Å². The number of aliphatic imine (C=N–C) groups is 1. The first-order valence-electron chi connectivity index (χ1n) is 6.37. The van der Waals surface area contributed by atoms with Crippen LogP contribution in [0.1, 0.15) is 27.2 Å². The van der Waals surface area contributed by atoms with Gasteiger partial charge in [-0.25, -0.2) is 13.2 Å². The normalized spacial score (nSPS) is 19.1. The number of hydrogen-bond acceptors (Lipinski definition) is 3. The van der Waals surface area contributed by atoms with Gasteiger partial charge in [0.05, 0.1) is 12.2 Å². The zero-order valence-electron chi connectivity index (χ0n) is 11.6. The third-order valence-corrected chi connectivity index (χ3v) is 3.89. The van der Waals surface area contributed by atoms with Gasteiger partial charge < -0.3 is 5.32 Å². The van der Waals surface area contributed by atoms with Gasteiger partial charge in [-0.1, -0.05) is 32.5 Å². The maximum atomic E-state index is 13.5. The van der Waals surface area contributed by atoms with Crippen LogP contribution in [0.25, 0.3) is 0 Å². The minimum Gasteiger partial charge on any atom is -0.332 e. The van der Waals surface area contributed by atoms with Crippen LogP contribution in [0.4, 0.5) is 18.9 Å². The van der Waals surface area contributed by atoms with Gasteiger partial charge in [-0.15, -0.1) is 0 Å². The molecule has 0 aliphatic carbocycles. The van der Waals surface area contributed by atoms with Gasteiger partial charge in [-0.3, -0.25) is 4.99 Å². The molecule has 0 fully saturated rings. The van der Waals surface area contributed by atoms with Gasteiger partial charge in [0.15, 0.2) is 16.8 Å². The van der Waals surface area contributed by atoms with Gasteiger partial charge in [0.2, 0.25) is 0 Å². The van der Waals surface area contributed by atoms with Gasteiger partial charge in [0, 0.05) is 17.4 Å². The van der Waals surface area contributed by atoms with Crippen LogP contribution in [0.15, 0.2) is 17.1 Å². The predicted octanol–water partition coefficient (Wildman–Crippen LogP) is 4.42. The summed E-state index contributed by atoms with van der Waals surface area (Å²) in [5.74, 6) is -3.11. The molecule has 1 unspecified atom stereocenters. The highest BCUT2D eigenvalue weighted by Gasteiger charge is 2.25. The summed E-state index contributed by atoms with van der Waals surface area (Å²) in [6, 6.07) is 1.45. The number of rotatable bonds is 2. The molecule has 0 saturated heterocycles. The fourth-order valence-corrected chi connectivity index (χ4v) is 3.40. The smallest absolute Gasteiger partial charge is 0.182 e. The molecule has 0 radical (unpaired) electrons. The highest BCUT2D eigenvalue weighted by molar-refractivity contribution is 8.15. The van der Waals surface area contributed by atoms with E-state index in [2.05, 4.69) is 31.1 Å². The summed E-state index contributed by atoms with van der Waals surface area (Å²) in [5, 5.41) is 3.47. The number of amidine groups is 1. The number of halogens is 3. The van der Waals surface area contributed by atoms with Gasteiger partial charge in [-0.2, -0.15) is 0 Å². The molecule has 2 rings (SSSR count). The first kappa shape index (κ1) is 15.2. The lowest BCUT2D eigenvalue weighted by atomic mass is 9.90. The molecule has 1 atom stereocenters. The molecule has 2 nitrogen and oxygen atoms in total. The fraction of sp³-hybridized carbons (Fsp3) is 0.500. The number of thioether (sulfide) groups is 1. The van der Waals surface area contributed by atoms with E-state index < -0.39 is 17.5 Å². The molecule has 6 heteroatoms. The number of nitrogens with zero attached hydrogens (tertiary/aromatic N) is 1. The number of anilines is 1. The van der Waals surface area contributed by atoms with E-state index in [-0.39, 0.29) is 11.1 Å². The summed E-state index contributed by atoms with van der Waals surface area (Å²) in [6.07, 6.45) is 0.965. The van der Waals surface area contributed by atoms with Gasteiger partial charge in [0.1, 0.15) is 5.82 Å². The Balaban J connectivity index is 2.03. The van der Waals surface area contributed by atoms with Crippen molar-refractivity contribution >= 4 is 22.6 Å². The van der Waals surface area contributed by atoms with Crippen molar-refractivity contribution in [2.45, 2.75) is 32.4 Å². The fourth-order valence-electron chi connectivity index (χ4n) is 2.04. The second-order valence-electron chi connectivity index (χ2n) is 6.02. The number of benzene rings is 1. The molecule has 110 valence electrons. The molecule has 1 heterocycles. The second-order valence-corrected chi connectivity index (χ2v) is 7.31. The molecule has 1 aromatic rings. The first-order chi connectivity index (χ1) is 9.24. The van der Waals surface area contributed by atoms with Crippen LogP contribution in [0.5, 0.6) is 0 Å². The van der Waals surface area contributed by atoms with E-state index in [0.29, 0.717) is 23.0 Å². The van der Waals surface area contributed by atoms with Gasteiger partial charge in [-0.05, 0) is 11.8 Å². The molecule has 20 heavy (non-hydrogen) atoms. The number of hydrogen-bond donors (Lipinski definition) is 1. The van der Waals surface area contributed by atoms with E-state index in [9.17, 15) is 13.2 Å². The molecule has 1 aromatic carbocycles. The van der Waals surface area contributed by atoms with E-state index in [0.717, 1.165) is 12.5 Å². The third kappa shape index (κ3) is 3.91. The Kier molecular flexibility index (Phi) is 4.32. The lowest BCUT2D eigenvalue weighted by Gasteiger charge is -2.21. The summed E-state index contributed by atoms with van der Waals surface area (Å²) >= 11 is 1.48. The van der Waals surface area contributed by atoms with Crippen LogP contribution in [0.3, 0.4) is 0 Å². The van der Waals surface area contributed by atoms with Crippen molar-refractivity contribution in [2.24, 2.45) is 10.4 Å². The Hall–Kier alpha value is -1.17. The zero-order chi connectivity index (χ0) is 14.9. The average Bonchev–Trinajstić information content (AvgIpc) is 2.70. The van der Waals surface area contributed by atoms with E-state index in [1.165, 1.54) is 11.8 Å². The topological polar surface area (TPSA) is 24.4 Å². The van der Waals surface area contributed by atoms with Crippen LogP contribution >= 0.6 is 11.8 Å². The van der Waals surface area contributed by atoms with Crippen molar-refractivity contribution in [1.82, 2.24) is 0 Å². The predicted molar refractivity (Wildman–Crippen MR) is 77.7 cm³/mol. The molecular weight excluding hydrogens is 285 g/mol. The van der Waals surface area contributed by atoms with Crippen molar-refractivity contribution in [3.8, 4) is 0 Å². The molecule has 1 aliphatic rings. The maximum Gasteiger partial charge on any atom is 0.182 e. The minimum atomic E-state index is -1.21. The molecule has 1 aliphatic heterocycles. The van der Waals surface area contributed by atoms with Crippen molar-refractivity contribution in [1.29, 1.82) is 0 Å². The quantitative estimate of drug-likeness (QED) is 0.818. The Morgan fingerprint density at radius 2 is 2.00 bits per heavy atom. The largest absolute Gasteiger partial charge is 0.332 e. The van der Waals surface area contributed by atoms with Crippen LogP contribution in [-0.2, 0) is 0 Å². The average molecular weight is 302 g/mol. The van der Waals surface area contributed by atoms with Crippen LogP contribution in [0, 0.1) is 22.9 Å². The van der Waals surface area contributed by atoms with Gasteiger partial charge >= 0.3 is 0 Å². The molecule has 0 aromatic heterocycles. The van der Waals surface area contributed by atoms with E-state index in [1.54, 1.807) is 0 Å². The van der Waals surface area contributed by atoms with Crippen molar-refractivity contribution in [3.63, 3.8) is 0 Å². The number of nitrogens with one attached hydrogen (secondary N) is 1. The lowest BCUT2D eigenvalue weighted by Crippen LogP contribution is -2.16. The Labute approximate surface area is 120 Å². The highest BCUT2D eigenvalue weighted by Crippen LogP contribution is 2.33. The molecule has 0 amide bonds. The molecule has 1 N–H and O–H groups in total. The highest BCUT2D eigenvalue weighted by atomic mass is 32.2. The lowest BCUT2D eigenvalue weighted by molar-refractivity contribution is 0.375. The van der Waals surface area contributed by atoms with Crippen LogP contribution in [0.2, 0.25) is 0 Å². The van der Waals surface area contributed by atoms with E-state index in [1.807, 2.05) is 0 Å². The maximum absolute atomic E-state index is 13.5. The Morgan fingerprint density at radius 1 is 1.30 bits per heavy atom. The summed E-state index contributed by atoms with van der Waals surface area (Å²) in [7, 11) is 0. The zero-order valence-corrected chi connectivity index (χ0v) is 12.5. The molecule has 0 spiro atoms. The second kappa shape index (κ2) is 5.68. The summed E-state index contributed by atoms with van der Waals surface area (Å²) in [5.41, 5.74) is -0.0380. The summed E-state index contributed by atoms with van der Waals surface area (Å²) in [4.78, 5) is 4.25.